The number of carbonyl (C=O) groups is 1. The monoisotopic (exact) mass is 458 g/mol. The van der Waals surface area contributed by atoms with Crippen molar-refractivity contribution >= 4 is 39.1 Å². The maximum Gasteiger partial charge on any atom is 0.264 e. The Morgan fingerprint density at radius 1 is 1.00 bits per heavy atom. The van der Waals surface area contributed by atoms with Crippen molar-refractivity contribution in [3.05, 3.63) is 84.2 Å². The number of hydrogen-bond acceptors (Lipinski definition) is 4. The van der Waals surface area contributed by atoms with Gasteiger partial charge >= 0.3 is 0 Å². The van der Waals surface area contributed by atoms with Crippen molar-refractivity contribution in [3.8, 4) is 0 Å². The molecule has 1 amide bonds. The first-order valence-corrected chi connectivity index (χ1v) is 12.1. The van der Waals surface area contributed by atoms with Crippen molar-refractivity contribution in [2.45, 2.75) is 23.6 Å². The number of benzene rings is 3. The molecule has 3 aromatic rings. The van der Waals surface area contributed by atoms with Crippen LogP contribution in [0, 0.1) is 12.7 Å². The second kappa shape index (κ2) is 9.98. The number of aryl methyl sites for hydroxylation is 1. The Bertz CT molecular complexity index is 1150. The fourth-order valence-corrected chi connectivity index (χ4v) is 5.11. The quantitative estimate of drug-likeness (QED) is 0.478. The van der Waals surface area contributed by atoms with Gasteiger partial charge in [0.15, 0.2) is 0 Å². The molecule has 5 nitrogen and oxygen atoms in total. The van der Waals surface area contributed by atoms with Crippen LogP contribution in [0.1, 0.15) is 12.5 Å². The normalized spacial score (nSPS) is 11.2. The van der Waals surface area contributed by atoms with Crippen molar-refractivity contribution in [1.82, 2.24) is 0 Å². The molecule has 0 atom stereocenters. The van der Waals surface area contributed by atoms with E-state index in [-0.39, 0.29) is 10.6 Å². The highest BCUT2D eigenvalue weighted by Crippen LogP contribution is 2.28. The molecule has 0 fully saturated rings. The lowest BCUT2D eigenvalue weighted by molar-refractivity contribution is -0.114. The summed E-state index contributed by atoms with van der Waals surface area (Å²) in [5, 5.41) is 2.80. The Labute approximate surface area is 186 Å². The zero-order valence-electron chi connectivity index (χ0n) is 17.2. The molecular formula is C23H23FN2O3S2. The number of nitrogens with one attached hydrogen (secondary N) is 1. The van der Waals surface area contributed by atoms with Gasteiger partial charge in [0.2, 0.25) is 5.91 Å². The SMILES string of the molecule is CCSc1ccccc1NC(=O)CN(c1ccc(F)cc1)S(=O)(=O)c1ccc(C)cc1. The third-order valence-corrected chi connectivity index (χ3v) is 7.22. The van der Waals surface area contributed by atoms with Gasteiger partial charge in [-0.05, 0) is 61.2 Å². The number of rotatable bonds is 8. The van der Waals surface area contributed by atoms with Crippen molar-refractivity contribution < 1.29 is 17.6 Å². The third-order valence-electron chi connectivity index (χ3n) is 4.47. The molecule has 0 aliphatic carbocycles. The highest BCUT2D eigenvalue weighted by Gasteiger charge is 2.27. The summed E-state index contributed by atoms with van der Waals surface area (Å²) < 4.78 is 41.1. The predicted molar refractivity (Wildman–Crippen MR) is 124 cm³/mol. The number of carbonyl (C=O) groups excluding carboxylic acids is 1. The Balaban J connectivity index is 1.93. The summed E-state index contributed by atoms with van der Waals surface area (Å²) >= 11 is 1.58. The van der Waals surface area contributed by atoms with E-state index < -0.39 is 28.3 Å². The van der Waals surface area contributed by atoms with Crippen molar-refractivity contribution in [3.63, 3.8) is 0 Å². The molecule has 8 heteroatoms. The van der Waals surface area contributed by atoms with Crippen LogP contribution in [0.15, 0.2) is 82.6 Å². The lowest BCUT2D eigenvalue weighted by Gasteiger charge is -2.24. The van der Waals surface area contributed by atoms with E-state index in [4.69, 9.17) is 0 Å². The smallest absolute Gasteiger partial charge is 0.264 e. The fourth-order valence-electron chi connectivity index (χ4n) is 2.93. The average molecular weight is 459 g/mol. The van der Waals surface area contributed by atoms with Crippen LogP contribution in [0.2, 0.25) is 0 Å². The molecule has 0 radical (unpaired) electrons. The minimum absolute atomic E-state index is 0.0529. The summed E-state index contributed by atoms with van der Waals surface area (Å²) in [4.78, 5) is 13.8. The molecule has 0 saturated carbocycles. The molecular weight excluding hydrogens is 435 g/mol. The van der Waals surface area contributed by atoms with E-state index in [1.54, 1.807) is 36.0 Å². The molecule has 0 heterocycles. The lowest BCUT2D eigenvalue weighted by Crippen LogP contribution is -2.38. The third kappa shape index (κ3) is 5.65. The summed E-state index contributed by atoms with van der Waals surface area (Å²) in [7, 11) is -4.05. The zero-order chi connectivity index (χ0) is 22.4. The zero-order valence-corrected chi connectivity index (χ0v) is 18.8. The molecule has 0 bridgehead atoms. The predicted octanol–water partition coefficient (Wildman–Crippen LogP) is 5.08. The van der Waals surface area contributed by atoms with Gasteiger partial charge in [-0.2, -0.15) is 0 Å². The highest BCUT2D eigenvalue weighted by atomic mass is 32.2. The van der Waals surface area contributed by atoms with Crippen molar-refractivity contribution in [2.24, 2.45) is 0 Å². The molecule has 1 N–H and O–H groups in total. The van der Waals surface area contributed by atoms with E-state index >= 15 is 0 Å². The Morgan fingerprint density at radius 3 is 2.29 bits per heavy atom. The number of hydrogen-bond donors (Lipinski definition) is 1. The van der Waals surface area contributed by atoms with Gasteiger partial charge in [0, 0.05) is 4.90 Å². The van der Waals surface area contributed by atoms with Crippen molar-refractivity contribution in [2.75, 3.05) is 21.9 Å². The second-order valence-electron chi connectivity index (χ2n) is 6.78. The topological polar surface area (TPSA) is 66.5 Å². The van der Waals surface area contributed by atoms with Crippen molar-refractivity contribution in [1.29, 1.82) is 0 Å². The van der Waals surface area contributed by atoms with E-state index in [0.29, 0.717) is 5.69 Å². The number of amides is 1. The summed E-state index contributed by atoms with van der Waals surface area (Å²) in [6.45, 7) is 3.41. The Kier molecular flexibility index (Phi) is 7.35. The van der Waals surface area contributed by atoms with Gasteiger partial charge in [0.05, 0.1) is 16.3 Å². The molecule has 3 aromatic carbocycles. The molecule has 0 aliphatic rings. The van der Waals surface area contributed by atoms with Crippen LogP contribution in [0.4, 0.5) is 15.8 Å². The molecule has 3 rings (SSSR count). The standard InChI is InChI=1S/C23H23FN2O3S2/c1-3-30-22-7-5-4-6-21(22)25-23(27)16-26(19-12-10-18(24)11-13-19)31(28,29)20-14-8-17(2)9-15-20/h4-15H,3,16H2,1-2H3,(H,25,27). The Hall–Kier alpha value is -2.84. The molecule has 31 heavy (non-hydrogen) atoms. The van der Waals surface area contributed by atoms with Gasteiger partial charge in [-0.25, -0.2) is 12.8 Å². The van der Waals surface area contributed by atoms with Crippen LogP contribution in [0.5, 0.6) is 0 Å². The van der Waals surface area contributed by atoms with E-state index in [1.165, 1.54) is 24.3 Å². The first kappa shape index (κ1) is 22.8. The van der Waals surface area contributed by atoms with Gasteiger partial charge in [-0.1, -0.05) is 36.8 Å². The molecule has 0 aromatic heterocycles. The van der Waals surface area contributed by atoms with Crippen LogP contribution < -0.4 is 9.62 Å². The molecule has 0 unspecified atom stereocenters. The van der Waals surface area contributed by atoms with Gasteiger partial charge < -0.3 is 5.32 Å². The number of sulfonamides is 1. The van der Waals surface area contributed by atoms with Crippen LogP contribution in [-0.2, 0) is 14.8 Å². The summed E-state index contributed by atoms with van der Waals surface area (Å²) in [6, 6.07) is 18.7. The number of halogens is 1. The number of thioether (sulfide) groups is 1. The maximum atomic E-state index is 13.4. The molecule has 0 aliphatic heterocycles. The summed E-state index contributed by atoms with van der Waals surface area (Å²) in [5.41, 5.74) is 1.73. The van der Waals surface area contributed by atoms with E-state index in [2.05, 4.69) is 5.32 Å². The first-order chi connectivity index (χ1) is 14.8. The van der Waals surface area contributed by atoms with Gasteiger partial charge in [-0.3, -0.25) is 9.10 Å². The van der Waals surface area contributed by atoms with E-state index in [1.807, 2.05) is 26.0 Å². The second-order valence-corrected chi connectivity index (χ2v) is 9.95. The van der Waals surface area contributed by atoms with Crippen LogP contribution in [0.3, 0.4) is 0 Å². The molecule has 0 spiro atoms. The van der Waals surface area contributed by atoms with Gasteiger partial charge in [0.1, 0.15) is 12.4 Å². The fraction of sp³-hybridized carbons (Fsp3) is 0.174. The average Bonchev–Trinajstić information content (AvgIpc) is 2.75. The molecule has 0 saturated heterocycles. The summed E-state index contributed by atoms with van der Waals surface area (Å²) in [6.07, 6.45) is 0. The Morgan fingerprint density at radius 2 is 1.65 bits per heavy atom. The largest absolute Gasteiger partial charge is 0.323 e. The number of nitrogens with zero attached hydrogens (tertiary/aromatic N) is 1. The van der Waals surface area contributed by atoms with Crippen LogP contribution >= 0.6 is 11.8 Å². The van der Waals surface area contributed by atoms with Gasteiger partial charge in [0.25, 0.3) is 10.0 Å². The lowest BCUT2D eigenvalue weighted by atomic mass is 10.2. The highest BCUT2D eigenvalue weighted by molar-refractivity contribution is 7.99. The minimum atomic E-state index is -4.05. The number of anilines is 2. The maximum absolute atomic E-state index is 13.4. The summed E-state index contributed by atoms with van der Waals surface area (Å²) in [5.74, 6) is -0.160. The number of para-hydroxylation sites is 1. The van der Waals surface area contributed by atoms with Crippen LogP contribution in [-0.4, -0.2) is 26.6 Å². The van der Waals surface area contributed by atoms with E-state index in [9.17, 15) is 17.6 Å². The van der Waals surface area contributed by atoms with Gasteiger partial charge in [-0.15, -0.1) is 11.8 Å². The van der Waals surface area contributed by atoms with Crippen LogP contribution in [0.25, 0.3) is 0 Å². The minimum Gasteiger partial charge on any atom is -0.323 e. The first-order valence-electron chi connectivity index (χ1n) is 9.68. The molecule has 162 valence electrons. The van der Waals surface area contributed by atoms with E-state index in [0.717, 1.165) is 32.6 Å².